The Kier molecular flexibility index (Phi) is 5.57. The zero-order valence-electron chi connectivity index (χ0n) is 14.3. The van der Waals surface area contributed by atoms with Crippen LogP contribution >= 0.6 is 23.1 Å². The van der Waals surface area contributed by atoms with E-state index in [1.54, 1.807) is 11.8 Å². The third kappa shape index (κ3) is 3.95. The molecule has 1 fully saturated rings. The fourth-order valence-electron chi connectivity index (χ4n) is 2.67. The Morgan fingerprint density at radius 1 is 1.40 bits per heavy atom. The average Bonchev–Trinajstić information content (AvgIpc) is 3.23. The van der Waals surface area contributed by atoms with E-state index in [4.69, 9.17) is 0 Å². The summed E-state index contributed by atoms with van der Waals surface area (Å²) < 4.78 is 0.841. The van der Waals surface area contributed by atoms with Crippen molar-refractivity contribution in [1.29, 1.82) is 0 Å². The van der Waals surface area contributed by atoms with Gasteiger partial charge in [0, 0.05) is 5.56 Å². The summed E-state index contributed by atoms with van der Waals surface area (Å²) in [5.74, 6) is 1.03. The maximum atomic E-state index is 12.4. The van der Waals surface area contributed by atoms with Gasteiger partial charge in [0.1, 0.15) is 11.8 Å². The zero-order valence-corrected chi connectivity index (χ0v) is 15.9. The second-order valence-electron chi connectivity index (χ2n) is 5.87. The lowest BCUT2D eigenvalue weighted by atomic mass is 9.96. The molecule has 2 atom stereocenters. The maximum Gasteiger partial charge on any atom is 0.244 e. The summed E-state index contributed by atoms with van der Waals surface area (Å²) in [4.78, 5) is 12.4. The molecule has 1 aromatic heterocycles. The molecular formula is C16H21N5O2S2. The van der Waals surface area contributed by atoms with Gasteiger partial charge in [-0.15, -0.1) is 10.2 Å². The minimum Gasteiger partial charge on any atom is -0.507 e. The maximum absolute atomic E-state index is 12.4. The summed E-state index contributed by atoms with van der Waals surface area (Å²) in [6.45, 7) is 5.89. The number of carbonyl (C=O) groups is 1. The monoisotopic (exact) mass is 379 g/mol. The van der Waals surface area contributed by atoms with Gasteiger partial charge in [-0.25, -0.2) is 10.9 Å². The fourth-order valence-corrected chi connectivity index (χ4v) is 4.32. The number of hydrazine groups is 1. The van der Waals surface area contributed by atoms with Gasteiger partial charge in [0.2, 0.25) is 11.0 Å². The molecule has 2 aromatic rings. The molecule has 9 heteroatoms. The Bertz CT molecular complexity index is 780. The Hall–Kier alpha value is -1.68. The summed E-state index contributed by atoms with van der Waals surface area (Å²) >= 11 is 2.96. The smallest absolute Gasteiger partial charge is 0.244 e. The molecule has 25 heavy (non-hydrogen) atoms. The number of phenolic OH excluding ortho intramolecular Hbond substituents is 1. The molecule has 1 aliphatic rings. The number of benzene rings is 1. The highest BCUT2D eigenvalue weighted by Gasteiger charge is 2.32. The van der Waals surface area contributed by atoms with Gasteiger partial charge in [0.25, 0.3) is 0 Å². The molecule has 1 amide bonds. The van der Waals surface area contributed by atoms with Crippen molar-refractivity contribution in [3.05, 3.63) is 28.8 Å². The molecule has 0 bridgehead atoms. The number of hydrogen-bond acceptors (Lipinski definition) is 8. The van der Waals surface area contributed by atoms with Gasteiger partial charge in [0.05, 0.1) is 6.04 Å². The van der Waals surface area contributed by atoms with Gasteiger partial charge in [0.15, 0.2) is 4.34 Å². The first kappa shape index (κ1) is 18.1. The van der Waals surface area contributed by atoms with Gasteiger partial charge in [-0.3, -0.25) is 10.1 Å². The number of phenols is 1. The van der Waals surface area contributed by atoms with E-state index in [0.29, 0.717) is 11.6 Å². The van der Waals surface area contributed by atoms with E-state index in [9.17, 15) is 9.90 Å². The van der Waals surface area contributed by atoms with Crippen LogP contribution in [0.5, 0.6) is 5.75 Å². The molecule has 3 rings (SSSR count). The van der Waals surface area contributed by atoms with Crippen molar-refractivity contribution in [3.8, 4) is 5.75 Å². The fraction of sp³-hybridized carbons (Fsp3) is 0.438. The topological polar surface area (TPSA) is 99.2 Å². The largest absolute Gasteiger partial charge is 0.507 e. The van der Waals surface area contributed by atoms with Gasteiger partial charge >= 0.3 is 0 Å². The van der Waals surface area contributed by atoms with Crippen LogP contribution in [0.15, 0.2) is 16.5 Å². The molecule has 134 valence electrons. The third-order valence-corrected chi connectivity index (χ3v) is 6.09. The molecule has 4 N–H and O–H groups in total. The molecule has 2 heterocycles. The second kappa shape index (κ2) is 7.69. The summed E-state index contributed by atoms with van der Waals surface area (Å²) in [5, 5.41) is 21.7. The number of anilines is 1. The lowest BCUT2D eigenvalue weighted by Gasteiger charge is -2.14. The number of carbonyl (C=O) groups excluding carboxylic acids is 1. The number of rotatable bonds is 5. The lowest BCUT2D eigenvalue weighted by Crippen LogP contribution is -2.39. The van der Waals surface area contributed by atoms with Crippen LogP contribution in [0.1, 0.15) is 36.1 Å². The van der Waals surface area contributed by atoms with Gasteiger partial charge in [-0.1, -0.05) is 42.2 Å². The zero-order chi connectivity index (χ0) is 18.0. The number of aryl methyl sites for hydroxylation is 1. The quantitative estimate of drug-likeness (QED) is 0.468. The molecule has 1 aliphatic heterocycles. The summed E-state index contributed by atoms with van der Waals surface area (Å²) in [7, 11) is 0. The molecule has 1 aromatic carbocycles. The molecule has 0 saturated carbocycles. The van der Waals surface area contributed by atoms with E-state index in [1.807, 2.05) is 32.9 Å². The molecule has 1 saturated heterocycles. The predicted octanol–water partition coefficient (Wildman–Crippen LogP) is 2.52. The minimum absolute atomic E-state index is 0.129. The van der Waals surface area contributed by atoms with Crippen LogP contribution < -0.4 is 16.2 Å². The van der Waals surface area contributed by atoms with Crippen molar-refractivity contribution < 1.29 is 9.90 Å². The number of amides is 1. The predicted molar refractivity (Wildman–Crippen MR) is 99.9 cm³/mol. The molecule has 0 radical (unpaired) electrons. The molecule has 2 unspecified atom stereocenters. The second-order valence-corrected chi connectivity index (χ2v) is 8.36. The van der Waals surface area contributed by atoms with Crippen LogP contribution in [0.2, 0.25) is 0 Å². The standard InChI is InChI=1S/C16H21N5O2S2/c1-4-24-16-21-20-15(25-16)17-14(23)12-7-11(18-19-12)10-6-5-8(2)9(3)13(10)22/h5-6,11-12,18-19,22H,4,7H2,1-3H3,(H,17,20,23). The Morgan fingerprint density at radius 3 is 2.96 bits per heavy atom. The van der Waals surface area contributed by atoms with Crippen molar-refractivity contribution in [2.24, 2.45) is 0 Å². The van der Waals surface area contributed by atoms with Crippen LogP contribution in [-0.4, -0.2) is 33.0 Å². The Labute approximate surface area is 154 Å². The molecule has 0 aliphatic carbocycles. The first-order valence-electron chi connectivity index (χ1n) is 8.06. The number of hydrogen-bond donors (Lipinski definition) is 4. The van der Waals surface area contributed by atoms with Crippen molar-refractivity contribution in [1.82, 2.24) is 21.0 Å². The molecule has 7 nitrogen and oxygen atoms in total. The van der Waals surface area contributed by atoms with Crippen molar-refractivity contribution in [3.63, 3.8) is 0 Å². The number of nitrogens with one attached hydrogen (secondary N) is 3. The van der Waals surface area contributed by atoms with Crippen molar-refractivity contribution in [2.75, 3.05) is 11.1 Å². The van der Waals surface area contributed by atoms with E-state index in [2.05, 4.69) is 26.4 Å². The highest BCUT2D eigenvalue weighted by atomic mass is 32.2. The third-order valence-electron chi connectivity index (χ3n) is 4.23. The minimum atomic E-state index is -0.405. The van der Waals surface area contributed by atoms with Gasteiger partial charge in [-0.05, 0) is 37.1 Å². The summed E-state index contributed by atoms with van der Waals surface area (Å²) in [6, 6.07) is 3.34. The number of thioether (sulfide) groups is 1. The molecule has 0 spiro atoms. The van der Waals surface area contributed by atoms with Crippen LogP contribution in [0.3, 0.4) is 0 Å². The van der Waals surface area contributed by atoms with E-state index < -0.39 is 6.04 Å². The number of nitrogens with zero attached hydrogens (tertiary/aromatic N) is 2. The highest BCUT2D eigenvalue weighted by molar-refractivity contribution is 8.01. The van der Waals surface area contributed by atoms with Crippen molar-refractivity contribution >= 4 is 34.1 Å². The van der Waals surface area contributed by atoms with Crippen LogP contribution in [-0.2, 0) is 4.79 Å². The van der Waals surface area contributed by atoms with E-state index in [0.717, 1.165) is 26.8 Å². The van der Waals surface area contributed by atoms with E-state index in [1.165, 1.54) is 11.3 Å². The molecular weight excluding hydrogens is 358 g/mol. The summed E-state index contributed by atoms with van der Waals surface area (Å²) in [6.07, 6.45) is 0.539. The first-order valence-corrected chi connectivity index (χ1v) is 9.87. The lowest BCUT2D eigenvalue weighted by molar-refractivity contribution is -0.117. The Morgan fingerprint density at radius 2 is 2.20 bits per heavy atom. The van der Waals surface area contributed by atoms with Crippen LogP contribution in [0, 0.1) is 13.8 Å². The van der Waals surface area contributed by atoms with E-state index in [-0.39, 0.29) is 17.7 Å². The van der Waals surface area contributed by atoms with Crippen LogP contribution in [0.25, 0.3) is 0 Å². The SMILES string of the molecule is CCSc1nnc(NC(=O)C2CC(c3ccc(C)c(C)c3O)NN2)s1. The summed E-state index contributed by atoms with van der Waals surface area (Å²) in [5.41, 5.74) is 8.79. The van der Waals surface area contributed by atoms with Gasteiger partial charge < -0.3 is 5.11 Å². The number of aromatic nitrogens is 2. The van der Waals surface area contributed by atoms with Crippen molar-refractivity contribution in [2.45, 2.75) is 43.6 Å². The van der Waals surface area contributed by atoms with E-state index >= 15 is 0 Å². The normalized spacial score (nSPS) is 20.0. The first-order chi connectivity index (χ1) is 12.0. The highest BCUT2D eigenvalue weighted by Crippen LogP contribution is 2.33. The Balaban J connectivity index is 1.64. The average molecular weight is 380 g/mol. The number of aromatic hydroxyl groups is 1. The van der Waals surface area contributed by atoms with Gasteiger partial charge in [-0.2, -0.15) is 0 Å². The van der Waals surface area contributed by atoms with Crippen LogP contribution in [0.4, 0.5) is 5.13 Å².